The molecule has 0 amide bonds. The third kappa shape index (κ3) is 19.9. The summed E-state index contributed by atoms with van der Waals surface area (Å²) in [6.07, 6.45) is 43.1. The molecule has 2 nitrogen and oxygen atoms in total. The highest BCUT2D eigenvalue weighted by Crippen LogP contribution is 2.14. The second kappa shape index (κ2) is 26.8. The van der Waals surface area contributed by atoms with E-state index in [1.807, 2.05) is 0 Å². The van der Waals surface area contributed by atoms with Crippen LogP contribution in [0.2, 0.25) is 0 Å². The third-order valence-corrected chi connectivity index (χ3v) is 8.31. The van der Waals surface area contributed by atoms with Crippen LogP contribution in [0.25, 0.3) is 0 Å². The van der Waals surface area contributed by atoms with Gasteiger partial charge in [-0.25, -0.2) is 9.13 Å². The van der Waals surface area contributed by atoms with E-state index in [1.165, 1.54) is 186 Å². The van der Waals surface area contributed by atoms with Gasteiger partial charge in [-0.3, -0.25) is 0 Å². The molecule has 0 aliphatic heterocycles. The fraction of sp³-hybridized carbons (Fsp3) is 0.914. The van der Waals surface area contributed by atoms with Crippen molar-refractivity contribution in [3.8, 4) is 0 Å². The van der Waals surface area contributed by atoms with Gasteiger partial charge in [0.2, 0.25) is 0 Å². The molecule has 1 rings (SSSR count). The number of aryl methyl sites for hydroxylation is 2. The van der Waals surface area contributed by atoms with E-state index in [-0.39, 0.29) is 0 Å². The van der Waals surface area contributed by atoms with Gasteiger partial charge in [-0.15, -0.1) is 0 Å². The second-order valence-corrected chi connectivity index (χ2v) is 12.0. The van der Waals surface area contributed by atoms with Crippen molar-refractivity contribution in [2.24, 2.45) is 0 Å². The van der Waals surface area contributed by atoms with E-state index in [9.17, 15) is 0 Å². The Morgan fingerprint density at radius 2 is 0.838 bits per heavy atom. The number of hydrogen-bond donors (Lipinski definition) is 0. The number of unbranched alkanes of at least 4 members (excludes halogenated alkanes) is 23. The summed E-state index contributed by atoms with van der Waals surface area (Å²) in [4.78, 5) is 0. The van der Waals surface area contributed by atoms with Crippen molar-refractivity contribution in [3.63, 3.8) is 0 Å². The highest BCUT2D eigenvalue weighted by Gasteiger charge is 2.15. The lowest BCUT2D eigenvalue weighted by Crippen LogP contribution is -2.37. The van der Waals surface area contributed by atoms with Crippen molar-refractivity contribution in [1.82, 2.24) is 4.57 Å². The van der Waals surface area contributed by atoms with Crippen LogP contribution in [0, 0.1) is 0 Å². The minimum absolute atomic E-state index is 1.18. The Kier molecular flexibility index (Phi) is 24.8. The molecule has 2 heteroatoms. The Hall–Kier alpha value is -0.790. The van der Waals surface area contributed by atoms with Crippen LogP contribution in [0.3, 0.4) is 0 Å². The van der Waals surface area contributed by atoms with Crippen LogP contribution in [0.5, 0.6) is 0 Å². The first-order valence-corrected chi connectivity index (χ1v) is 17.4. The lowest BCUT2D eigenvalue weighted by atomic mass is 10.0. The highest BCUT2D eigenvalue weighted by atomic mass is 15.1. The molecule has 0 saturated heterocycles. The first-order chi connectivity index (χ1) is 18.3. The van der Waals surface area contributed by atoms with Crippen LogP contribution in [0.4, 0.5) is 0 Å². The Bertz CT molecular complexity index is 576. The third-order valence-electron chi connectivity index (χ3n) is 8.31. The molecule has 1 aromatic heterocycles. The zero-order chi connectivity index (χ0) is 26.7. The van der Waals surface area contributed by atoms with Crippen LogP contribution >= 0.6 is 0 Å². The maximum absolute atomic E-state index is 2.59. The molecule has 1 aromatic rings. The molecule has 0 aliphatic rings. The molecule has 0 atom stereocenters. The molecule has 0 aromatic carbocycles. The van der Waals surface area contributed by atoms with Gasteiger partial charge in [-0.2, -0.15) is 0 Å². The summed E-state index contributed by atoms with van der Waals surface area (Å²) < 4.78 is 5.13. The minimum Gasteiger partial charge on any atom is -0.234 e. The summed E-state index contributed by atoms with van der Waals surface area (Å²) in [5.74, 6) is 1.59. The number of hydrogen-bond acceptors (Lipinski definition) is 0. The highest BCUT2D eigenvalue weighted by molar-refractivity contribution is 4.84. The van der Waals surface area contributed by atoms with Crippen molar-refractivity contribution in [2.45, 2.75) is 207 Å². The summed E-state index contributed by atoms with van der Waals surface area (Å²) in [6, 6.07) is 0. The SMILES string of the molecule is CCCCCCCCCCCCCCC[n+]1ccn(CCC)c1CCCCCCCCCCCCCC. The van der Waals surface area contributed by atoms with Gasteiger partial charge < -0.3 is 0 Å². The summed E-state index contributed by atoms with van der Waals surface area (Å²) in [7, 11) is 0. The molecular weight excluding hydrogens is 448 g/mol. The average Bonchev–Trinajstić information content (AvgIpc) is 3.28. The molecule has 0 saturated carbocycles. The maximum atomic E-state index is 2.59. The van der Waals surface area contributed by atoms with Gasteiger partial charge >= 0.3 is 0 Å². The fourth-order valence-corrected chi connectivity index (χ4v) is 5.86. The average molecular weight is 518 g/mol. The van der Waals surface area contributed by atoms with Gasteiger partial charge in [0.1, 0.15) is 12.4 Å². The Morgan fingerprint density at radius 3 is 1.24 bits per heavy atom. The second-order valence-electron chi connectivity index (χ2n) is 12.0. The van der Waals surface area contributed by atoms with Crippen molar-refractivity contribution in [3.05, 3.63) is 18.2 Å². The molecule has 0 unspecified atom stereocenters. The normalized spacial score (nSPS) is 11.5. The Labute approximate surface area is 234 Å². The summed E-state index contributed by atoms with van der Waals surface area (Å²) in [5.41, 5.74) is 0. The van der Waals surface area contributed by atoms with E-state index in [2.05, 4.69) is 42.3 Å². The van der Waals surface area contributed by atoms with E-state index in [4.69, 9.17) is 0 Å². The predicted molar refractivity (Wildman–Crippen MR) is 165 cm³/mol. The lowest BCUT2D eigenvalue weighted by Gasteiger charge is -2.06. The maximum Gasteiger partial charge on any atom is 0.256 e. The van der Waals surface area contributed by atoms with E-state index in [1.54, 1.807) is 5.82 Å². The lowest BCUT2D eigenvalue weighted by molar-refractivity contribution is -0.704. The van der Waals surface area contributed by atoms with Gasteiger partial charge in [0.05, 0.1) is 13.1 Å². The van der Waals surface area contributed by atoms with Gasteiger partial charge in [0.25, 0.3) is 5.82 Å². The standard InChI is InChI=1S/C35H69N2/c1-4-7-9-11-13-15-17-19-21-23-25-27-29-32-37-34-33-36(31-6-3)35(37)30-28-26-24-22-20-18-16-14-12-10-8-5-2/h33-34H,4-32H2,1-3H3/q+1. The van der Waals surface area contributed by atoms with Crippen LogP contribution in [0.1, 0.15) is 194 Å². The molecule has 218 valence electrons. The quantitative estimate of drug-likeness (QED) is 0.0737. The molecule has 0 spiro atoms. The first-order valence-electron chi connectivity index (χ1n) is 17.4. The van der Waals surface area contributed by atoms with Gasteiger partial charge in [-0.1, -0.05) is 162 Å². The van der Waals surface area contributed by atoms with Gasteiger partial charge in [0.15, 0.2) is 0 Å². The smallest absolute Gasteiger partial charge is 0.234 e. The van der Waals surface area contributed by atoms with Crippen LogP contribution in [-0.2, 0) is 19.5 Å². The van der Waals surface area contributed by atoms with E-state index in [0.717, 1.165) is 0 Å². The largest absolute Gasteiger partial charge is 0.256 e. The fourth-order valence-electron chi connectivity index (χ4n) is 5.86. The van der Waals surface area contributed by atoms with E-state index < -0.39 is 0 Å². The molecule has 0 fully saturated rings. The molecule has 0 radical (unpaired) electrons. The molecule has 0 aliphatic carbocycles. The summed E-state index contributed by atoms with van der Waals surface area (Å²) in [5, 5.41) is 0. The minimum atomic E-state index is 1.18. The molecular formula is C35H69N2+. The topological polar surface area (TPSA) is 8.81 Å². The van der Waals surface area contributed by atoms with Crippen LogP contribution < -0.4 is 4.57 Å². The van der Waals surface area contributed by atoms with Crippen molar-refractivity contribution >= 4 is 0 Å². The monoisotopic (exact) mass is 518 g/mol. The van der Waals surface area contributed by atoms with Crippen molar-refractivity contribution in [2.75, 3.05) is 0 Å². The predicted octanol–water partition coefficient (Wildman–Crippen LogP) is 11.5. The Balaban J connectivity index is 2.08. The zero-order valence-electron chi connectivity index (χ0n) is 26.1. The first kappa shape index (κ1) is 34.2. The van der Waals surface area contributed by atoms with Crippen molar-refractivity contribution < 1.29 is 4.57 Å². The zero-order valence-corrected chi connectivity index (χ0v) is 26.1. The number of rotatable bonds is 29. The number of imidazole rings is 1. The van der Waals surface area contributed by atoms with Crippen molar-refractivity contribution in [1.29, 1.82) is 0 Å². The summed E-state index contributed by atoms with van der Waals surface area (Å²) >= 11 is 0. The molecule has 1 heterocycles. The van der Waals surface area contributed by atoms with Gasteiger partial charge in [-0.05, 0) is 25.7 Å². The summed E-state index contributed by atoms with van der Waals surface area (Å²) in [6.45, 7) is 9.33. The van der Waals surface area contributed by atoms with Crippen LogP contribution in [0.15, 0.2) is 12.4 Å². The van der Waals surface area contributed by atoms with E-state index >= 15 is 0 Å². The number of aromatic nitrogens is 2. The molecule has 0 bridgehead atoms. The van der Waals surface area contributed by atoms with Gasteiger partial charge in [0, 0.05) is 6.42 Å². The van der Waals surface area contributed by atoms with Crippen LogP contribution in [-0.4, -0.2) is 4.57 Å². The Morgan fingerprint density at radius 1 is 0.459 bits per heavy atom. The number of nitrogens with zero attached hydrogens (tertiary/aromatic N) is 2. The van der Waals surface area contributed by atoms with E-state index in [0.29, 0.717) is 0 Å². The molecule has 37 heavy (non-hydrogen) atoms. The molecule has 0 N–H and O–H groups in total.